The summed E-state index contributed by atoms with van der Waals surface area (Å²) in [6.07, 6.45) is 4.18. The van der Waals surface area contributed by atoms with Crippen LogP contribution in [0.2, 0.25) is 0 Å². The van der Waals surface area contributed by atoms with Gasteiger partial charge in [0.15, 0.2) is 0 Å². The fraction of sp³-hybridized carbons (Fsp3) is 0.312. The molecule has 3 rings (SSSR count). The number of nitrogens with zero attached hydrogens (tertiary/aromatic N) is 1. The SMILES string of the molecule is COc1cccc(C2CC(Nc3ccc(Br)nc3)C2)c1. The second-order valence-corrected chi connectivity index (χ2v) is 5.97. The highest BCUT2D eigenvalue weighted by atomic mass is 79.9. The number of halogens is 1. The average Bonchev–Trinajstić information content (AvgIpc) is 2.44. The molecule has 0 radical (unpaired) electrons. The van der Waals surface area contributed by atoms with E-state index in [4.69, 9.17) is 4.74 Å². The summed E-state index contributed by atoms with van der Waals surface area (Å²) >= 11 is 3.35. The molecule has 0 saturated heterocycles. The highest BCUT2D eigenvalue weighted by Gasteiger charge is 2.30. The Labute approximate surface area is 127 Å². The Morgan fingerprint density at radius 3 is 2.80 bits per heavy atom. The summed E-state index contributed by atoms with van der Waals surface area (Å²) in [5, 5.41) is 3.52. The van der Waals surface area contributed by atoms with Crippen molar-refractivity contribution in [3.63, 3.8) is 0 Å². The minimum atomic E-state index is 0.536. The number of pyridine rings is 1. The molecule has 1 aliphatic rings. The van der Waals surface area contributed by atoms with Gasteiger partial charge in [-0.1, -0.05) is 12.1 Å². The average molecular weight is 333 g/mol. The van der Waals surface area contributed by atoms with Gasteiger partial charge in [0.25, 0.3) is 0 Å². The minimum absolute atomic E-state index is 0.536. The predicted octanol–water partition coefficient (Wildman–Crippen LogP) is 4.21. The lowest BCUT2D eigenvalue weighted by Crippen LogP contribution is -2.34. The van der Waals surface area contributed by atoms with Crippen molar-refractivity contribution >= 4 is 21.6 Å². The number of methoxy groups -OCH3 is 1. The molecule has 2 aromatic rings. The molecule has 1 heterocycles. The summed E-state index contributed by atoms with van der Waals surface area (Å²) in [7, 11) is 1.71. The first-order valence-electron chi connectivity index (χ1n) is 6.76. The van der Waals surface area contributed by atoms with Crippen molar-refractivity contribution in [1.29, 1.82) is 0 Å². The molecule has 0 atom stereocenters. The number of ether oxygens (including phenoxy) is 1. The third kappa shape index (κ3) is 2.96. The molecule has 1 saturated carbocycles. The highest BCUT2D eigenvalue weighted by Crippen LogP contribution is 2.39. The Bertz CT molecular complexity index is 579. The molecule has 1 N–H and O–H groups in total. The van der Waals surface area contributed by atoms with Gasteiger partial charge in [-0.3, -0.25) is 0 Å². The van der Waals surface area contributed by atoms with Crippen LogP contribution in [0.5, 0.6) is 5.75 Å². The summed E-state index contributed by atoms with van der Waals surface area (Å²) in [6, 6.07) is 12.9. The zero-order chi connectivity index (χ0) is 13.9. The normalized spacial score (nSPS) is 21.1. The first-order valence-corrected chi connectivity index (χ1v) is 7.56. The molecule has 0 bridgehead atoms. The van der Waals surface area contributed by atoms with E-state index in [0.717, 1.165) is 28.9 Å². The molecule has 1 aliphatic carbocycles. The van der Waals surface area contributed by atoms with Crippen LogP contribution in [0.25, 0.3) is 0 Å². The van der Waals surface area contributed by atoms with Gasteiger partial charge in [-0.25, -0.2) is 4.98 Å². The molecule has 0 amide bonds. The van der Waals surface area contributed by atoms with Crippen molar-refractivity contribution in [2.45, 2.75) is 24.8 Å². The number of nitrogens with one attached hydrogen (secondary N) is 1. The van der Waals surface area contributed by atoms with Gasteiger partial charge in [0.05, 0.1) is 19.0 Å². The largest absolute Gasteiger partial charge is 0.497 e. The number of anilines is 1. The van der Waals surface area contributed by atoms with Crippen LogP contribution in [-0.2, 0) is 0 Å². The van der Waals surface area contributed by atoms with E-state index in [2.05, 4.69) is 50.5 Å². The maximum Gasteiger partial charge on any atom is 0.119 e. The third-order valence-electron chi connectivity index (χ3n) is 3.80. The zero-order valence-electron chi connectivity index (χ0n) is 11.3. The number of rotatable bonds is 4. The van der Waals surface area contributed by atoms with Crippen LogP contribution >= 0.6 is 15.9 Å². The molecule has 0 unspecified atom stereocenters. The molecule has 1 fully saturated rings. The van der Waals surface area contributed by atoms with E-state index < -0.39 is 0 Å². The Kier molecular flexibility index (Phi) is 3.92. The maximum atomic E-state index is 5.28. The second-order valence-electron chi connectivity index (χ2n) is 5.16. The van der Waals surface area contributed by atoms with Gasteiger partial charge in [0.2, 0.25) is 0 Å². The number of aromatic nitrogens is 1. The van der Waals surface area contributed by atoms with Gasteiger partial charge in [0, 0.05) is 6.04 Å². The minimum Gasteiger partial charge on any atom is -0.497 e. The Morgan fingerprint density at radius 2 is 2.10 bits per heavy atom. The summed E-state index contributed by atoms with van der Waals surface area (Å²) < 4.78 is 6.15. The molecule has 4 heteroatoms. The van der Waals surface area contributed by atoms with E-state index in [1.54, 1.807) is 7.11 Å². The molecule has 104 valence electrons. The fourth-order valence-electron chi connectivity index (χ4n) is 2.60. The molecule has 3 nitrogen and oxygen atoms in total. The van der Waals surface area contributed by atoms with E-state index in [1.165, 1.54) is 5.56 Å². The molecule has 20 heavy (non-hydrogen) atoms. The fourth-order valence-corrected chi connectivity index (χ4v) is 2.83. The Balaban J connectivity index is 1.57. The van der Waals surface area contributed by atoms with Gasteiger partial charge in [0.1, 0.15) is 10.4 Å². The topological polar surface area (TPSA) is 34.1 Å². The van der Waals surface area contributed by atoms with Gasteiger partial charge in [-0.05, 0) is 64.5 Å². The summed E-state index contributed by atoms with van der Waals surface area (Å²) in [6.45, 7) is 0. The van der Waals surface area contributed by atoms with Crippen LogP contribution < -0.4 is 10.1 Å². The molecular formula is C16H17BrN2O. The standard InChI is InChI=1S/C16H17BrN2O/c1-20-15-4-2-3-11(9-15)12-7-14(8-12)19-13-5-6-16(17)18-10-13/h2-6,9-10,12,14,19H,7-8H2,1H3. The number of benzene rings is 1. The Morgan fingerprint density at radius 1 is 1.25 bits per heavy atom. The monoisotopic (exact) mass is 332 g/mol. The maximum absolute atomic E-state index is 5.28. The first kappa shape index (κ1) is 13.4. The van der Waals surface area contributed by atoms with Crippen molar-refractivity contribution in [3.8, 4) is 5.75 Å². The van der Waals surface area contributed by atoms with Gasteiger partial charge in [-0.15, -0.1) is 0 Å². The van der Waals surface area contributed by atoms with Crippen LogP contribution in [0.1, 0.15) is 24.3 Å². The van der Waals surface area contributed by atoms with E-state index >= 15 is 0 Å². The van der Waals surface area contributed by atoms with Crippen molar-refractivity contribution in [2.75, 3.05) is 12.4 Å². The quantitative estimate of drug-likeness (QED) is 0.851. The van der Waals surface area contributed by atoms with Crippen molar-refractivity contribution < 1.29 is 4.74 Å². The molecular weight excluding hydrogens is 316 g/mol. The van der Waals surface area contributed by atoms with Gasteiger partial charge >= 0.3 is 0 Å². The van der Waals surface area contributed by atoms with Crippen molar-refractivity contribution in [2.24, 2.45) is 0 Å². The van der Waals surface area contributed by atoms with Gasteiger partial charge < -0.3 is 10.1 Å². The van der Waals surface area contributed by atoms with Crippen LogP contribution in [0.4, 0.5) is 5.69 Å². The third-order valence-corrected chi connectivity index (χ3v) is 4.27. The summed E-state index contributed by atoms with van der Waals surface area (Å²) in [4.78, 5) is 4.23. The molecule has 0 aliphatic heterocycles. The lowest BCUT2D eigenvalue weighted by Gasteiger charge is -2.37. The molecule has 1 aromatic carbocycles. The first-order chi connectivity index (χ1) is 9.74. The van der Waals surface area contributed by atoms with E-state index in [0.29, 0.717) is 12.0 Å². The van der Waals surface area contributed by atoms with E-state index in [-0.39, 0.29) is 0 Å². The highest BCUT2D eigenvalue weighted by molar-refractivity contribution is 9.10. The van der Waals surface area contributed by atoms with Crippen LogP contribution in [-0.4, -0.2) is 18.1 Å². The lowest BCUT2D eigenvalue weighted by molar-refractivity contribution is 0.370. The number of hydrogen-bond donors (Lipinski definition) is 1. The van der Waals surface area contributed by atoms with E-state index in [9.17, 15) is 0 Å². The lowest BCUT2D eigenvalue weighted by atomic mass is 9.76. The number of hydrogen-bond acceptors (Lipinski definition) is 3. The summed E-state index contributed by atoms with van der Waals surface area (Å²) in [5.74, 6) is 1.57. The van der Waals surface area contributed by atoms with Crippen LogP contribution in [0, 0.1) is 0 Å². The predicted molar refractivity (Wildman–Crippen MR) is 84.3 cm³/mol. The van der Waals surface area contributed by atoms with Crippen LogP contribution in [0.3, 0.4) is 0 Å². The van der Waals surface area contributed by atoms with Crippen molar-refractivity contribution in [3.05, 3.63) is 52.8 Å². The summed E-state index contributed by atoms with van der Waals surface area (Å²) in [5.41, 5.74) is 2.46. The van der Waals surface area contributed by atoms with Crippen molar-refractivity contribution in [1.82, 2.24) is 4.98 Å². The zero-order valence-corrected chi connectivity index (χ0v) is 12.9. The van der Waals surface area contributed by atoms with Gasteiger partial charge in [-0.2, -0.15) is 0 Å². The smallest absolute Gasteiger partial charge is 0.119 e. The Hall–Kier alpha value is -1.55. The molecule has 0 spiro atoms. The van der Waals surface area contributed by atoms with E-state index in [1.807, 2.05) is 18.3 Å². The molecule has 1 aromatic heterocycles. The van der Waals surface area contributed by atoms with Crippen LogP contribution in [0.15, 0.2) is 47.2 Å². The second kappa shape index (κ2) is 5.83.